The van der Waals surface area contributed by atoms with Crippen molar-refractivity contribution in [3.05, 3.63) is 69.9 Å². The quantitative estimate of drug-likeness (QED) is 0.852. The van der Waals surface area contributed by atoms with Crippen molar-refractivity contribution in [2.45, 2.75) is 19.3 Å². The van der Waals surface area contributed by atoms with Crippen molar-refractivity contribution in [2.75, 3.05) is 0 Å². The summed E-state index contributed by atoms with van der Waals surface area (Å²) < 4.78 is 14.7. The Labute approximate surface area is 131 Å². The molecular weight excluding hydrogens is 335 g/mol. The molecule has 2 rings (SSSR count). The van der Waals surface area contributed by atoms with Gasteiger partial charge in [-0.1, -0.05) is 53.2 Å². The molecule has 0 saturated carbocycles. The molecule has 4 heteroatoms. The number of carboxylic acid groups (broad SMARTS) is 1. The topological polar surface area (TPSA) is 37.3 Å². The van der Waals surface area contributed by atoms with Crippen LogP contribution < -0.4 is 0 Å². The highest BCUT2D eigenvalue weighted by Gasteiger charge is 2.27. The normalized spacial score (nSPS) is 13.7. The summed E-state index contributed by atoms with van der Waals surface area (Å²) in [5, 5.41) is 9.48. The van der Waals surface area contributed by atoms with Crippen LogP contribution in [0.2, 0.25) is 0 Å². The van der Waals surface area contributed by atoms with Crippen LogP contribution in [0.3, 0.4) is 0 Å². The summed E-state index contributed by atoms with van der Waals surface area (Å²) in [6, 6.07) is 13.9. The second kappa shape index (κ2) is 6.85. The Hall–Kier alpha value is -1.68. The zero-order valence-corrected chi connectivity index (χ0v) is 13.2. The number of carboxylic acids is 1. The lowest BCUT2D eigenvalue weighted by atomic mass is 9.83. The van der Waals surface area contributed by atoms with Gasteiger partial charge in [-0.05, 0) is 41.7 Å². The van der Waals surface area contributed by atoms with Crippen LogP contribution in [0.1, 0.15) is 24.0 Å². The van der Waals surface area contributed by atoms with E-state index in [-0.39, 0.29) is 18.2 Å². The zero-order chi connectivity index (χ0) is 15.4. The summed E-state index contributed by atoms with van der Waals surface area (Å²) in [5.41, 5.74) is 1.37. The molecule has 0 aliphatic heterocycles. The van der Waals surface area contributed by atoms with Gasteiger partial charge in [-0.2, -0.15) is 0 Å². The molecule has 0 aliphatic carbocycles. The van der Waals surface area contributed by atoms with E-state index in [0.717, 1.165) is 10.0 Å². The van der Waals surface area contributed by atoms with Gasteiger partial charge >= 0.3 is 5.97 Å². The third kappa shape index (κ3) is 3.91. The highest BCUT2D eigenvalue weighted by Crippen LogP contribution is 2.29. The van der Waals surface area contributed by atoms with Gasteiger partial charge in [0.15, 0.2) is 0 Å². The summed E-state index contributed by atoms with van der Waals surface area (Å²) in [6.45, 7) is 1.86. The Morgan fingerprint density at radius 2 is 1.81 bits per heavy atom. The Kier molecular flexibility index (Phi) is 5.12. The monoisotopic (exact) mass is 350 g/mol. The number of carbonyl (C=O) groups is 1. The molecule has 110 valence electrons. The molecule has 21 heavy (non-hydrogen) atoms. The molecule has 0 radical (unpaired) electrons. The molecule has 0 spiro atoms. The Morgan fingerprint density at radius 3 is 2.38 bits per heavy atom. The fourth-order valence-electron chi connectivity index (χ4n) is 2.38. The number of hydrogen-bond acceptors (Lipinski definition) is 1. The molecule has 1 N–H and O–H groups in total. The van der Waals surface area contributed by atoms with Crippen LogP contribution in [0.25, 0.3) is 0 Å². The number of halogens is 2. The second-order valence-electron chi connectivity index (χ2n) is 5.08. The molecule has 0 fully saturated rings. The van der Waals surface area contributed by atoms with Crippen LogP contribution >= 0.6 is 15.9 Å². The summed E-state index contributed by atoms with van der Waals surface area (Å²) in [6.07, 6.45) is 0.180. The minimum absolute atomic E-state index is 0.180. The predicted octanol–water partition coefficient (Wildman–Crippen LogP) is 4.64. The Balaban J connectivity index is 2.25. The summed E-state index contributed by atoms with van der Waals surface area (Å²) in [4.78, 5) is 11.6. The highest BCUT2D eigenvalue weighted by molar-refractivity contribution is 9.10. The maximum atomic E-state index is 13.7. The number of aliphatic carboxylic acids is 1. The molecule has 2 aromatic rings. The summed E-state index contributed by atoms with van der Waals surface area (Å²) in [5.74, 6) is -2.13. The SMILES string of the molecule is CC(c1ccc(Br)cc1)C(Cc1ccccc1F)C(=O)O. The van der Waals surface area contributed by atoms with E-state index in [2.05, 4.69) is 15.9 Å². The van der Waals surface area contributed by atoms with E-state index < -0.39 is 11.9 Å². The minimum atomic E-state index is -0.909. The van der Waals surface area contributed by atoms with Crippen molar-refractivity contribution < 1.29 is 14.3 Å². The summed E-state index contributed by atoms with van der Waals surface area (Å²) >= 11 is 3.36. The third-order valence-corrected chi connectivity index (χ3v) is 4.24. The van der Waals surface area contributed by atoms with Gasteiger partial charge < -0.3 is 5.11 Å². The molecule has 2 unspecified atom stereocenters. The van der Waals surface area contributed by atoms with E-state index in [1.54, 1.807) is 18.2 Å². The number of rotatable bonds is 5. The van der Waals surface area contributed by atoms with Gasteiger partial charge in [-0.25, -0.2) is 4.39 Å². The number of hydrogen-bond donors (Lipinski definition) is 1. The first-order valence-electron chi connectivity index (χ1n) is 6.70. The maximum absolute atomic E-state index is 13.7. The molecular formula is C17H16BrFO2. The largest absolute Gasteiger partial charge is 0.481 e. The molecule has 0 bridgehead atoms. The first kappa shape index (κ1) is 15.7. The Bertz CT molecular complexity index is 625. The van der Waals surface area contributed by atoms with E-state index in [9.17, 15) is 14.3 Å². The standard InChI is InChI=1S/C17H16BrFO2/c1-11(12-6-8-14(18)9-7-12)15(17(20)21)10-13-4-2-3-5-16(13)19/h2-9,11,15H,10H2,1H3,(H,20,21). The zero-order valence-electron chi connectivity index (χ0n) is 11.6. The van der Waals surface area contributed by atoms with E-state index in [1.807, 2.05) is 31.2 Å². The van der Waals surface area contributed by atoms with Gasteiger partial charge in [-0.3, -0.25) is 4.79 Å². The van der Waals surface area contributed by atoms with Gasteiger partial charge in [0.25, 0.3) is 0 Å². The van der Waals surface area contributed by atoms with Crippen LogP contribution in [0.5, 0.6) is 0 Å². The van der Waals surface area contributed by atoms with Crippen molar-refractivity contribution in [1.82, 2.24) is 0 Å². The Morgan fingerprint density at radius 1 is 1.19 bits per heavy atom. The van der Waals surface area contributed by atoms with Crippen LogP contribution in [-0.2, 0) is 11.2 Å². The molecule has 0 aliphatic rings. The van der Waals surface area contributed by atoms with Crippen molar-refractivity contribution in [3.8, 4) is 0 Å². The smallest absolute Gasteiger partial charge is 0.307 e. The van der Waals surface area contributed by atoms with E-state index in [4.69, 9.17) is 0 Å². The molecule has 2 nitrogen and oxygen atoms in total. The lowest BCUT2D eigenvalue weighted by molar-refractivity contribution is -0.142. The molecule has 2 atom stereocenters. The fourth-order valence-corrected chi connectivity index (χ4v) is 2.64. The van der Waals surface area contributed by atoms with Crippen molar-refractivity contribution in [1.29, 1.82) is 0 Å². The first-order chi connectivity index (χ1) is 9.99. The van der Waals surface area contributed by atoms with Gasteiger partial charge in [0, 0.05) is 4.47 Å². The van der Waals surface area contributed by atoms with Gasteiger partial charge in [0.05, 0.1) is 5.92 Å². The summed E-state index contributed by atoms with van der Waals surface area (Å²) in [7, 11) is 0. The molecule has 0 aromatic heterocycles. The lowest BCUT2D eigenvalue weighted by Gasteiger charge is -2.21. The van der Waals surface area contributed by atoms with E-state index in [1.165, 1.54) is 6.07 Å². The van der Waals surface area contributed by atoms with E-state index in [0.29, 0.717) is 5.56 Å². The van der Waals surface area contributed by atoms with Crippen LogP contribution in [0.15, 0.2) is 53.0 Å². The van der Waals surface area contributed by atoms with Gasteiger partial charge in [-0.15, -0.1) is 0 Å². The third-order valence-electron chi connectivity index (χ3n) is 3.71. The van der Waals surface area contributed by atoms with Crippen LogP contribution in [0.4, 0.5) is 4.39 Å². The maximum Gasteiger partial charge on any atom is 0.307 e. The second-order valence-corrected chi connectivity index (χ2v) is 6.00. The molecule has 0 amide bonds. The van der Waals surface area contributed by atoms with Gasteiger partial charge in [0.2, 0.25) is 0 Å². The van der Waals surface area contributed by atoms with Crippen molar-refractivity contribution in [2.24, 2.45) is 5.92 Å². The highest BCUT2D eigenvalue weighted by atomic mass is 79.9. The molecule has 2 aromatic carbocycles. The van der Waals surface area contributed by atoms with Crippen molar-refractivity contribution >= 4 is 21.9 Å². The van der Waals surface area contributed by atoms with Crippen LogP contribution in [-0.4, -0.2) is 11.1 Å². The average Bonchev–Trinajstić information content (AvgIpc) is 2.46. The van der Waals surface area contributed by atoms with Crippen LogP contribution in [0, 0.1) is 11.7 Å². The van der Waals surface area contributed by atoms with Gasteiger partial charge in [0.1, 0.15) is 5.82 Å². The minimum Gasteiger partial charge on any atom is -0.481 e. The van der Waals surface area contributed by atoms with Crippen molar-refractivity contribution in [3.63, 3.8) is 0 Å². The fraction of sp³-hybridized carbons (Fsp3) is 0.235. The molecule has 0 saturated heterocycles. The first-order valence-corrected chi connectivity index (χ1v) is 7.50. The molecule has 0 heterocycles. The predicted molar refractivity (Wildman–Crippen MR) is 83.8 cm³/mol. The number of benzene rings is 2. The lowest BCUT2D eigenvalue weighted by Crippen LogP contribution is -2.23. The van der Waals surface area contributed by atoms with E-state index >= 15 is 0 Å². The average molecular weight is 351 g/mol.